The maximum Gasteiger partial charge on any atom is 0.211 e. The highest BCUT2D eigenvalue weighted by Gasteiger charge is 2.20. The molecule has 16 heavy (non-hydrogen) atoms. The summed E-state index contributed by atoms with van der Waals surface area (Å²) < 4.78 is 14.1. The van der Waals surface area contributed by atoms with E-state index < -0.39 is 10.3 Å². The number of hydrogen-bond acceptors (Lipinski definition) is 1. The van der Waals surface area contributed by atoms with Crippen LogP contribution in [-0.2, 0) is 0 Å². The lowest BCUT2D eigenvalue weighted by Gasteiger charge is -2.24. The third-order valence-corrected chi connectivity index (χ3v) is 4.61. The maximum absolute atomic E-state index is 14.1. The molecule has 1 atom stereocenters. The van der Waals surface area contributed by atoms with Crippen molar-refractivity contribution < 1.29 is 8.68 Å². The van der Waals surface area contributed by atoms with Gasteiger partial charge in [-0.15, -0.1) is 10.3 Å². The summed E-state index contributed by atoms with van der Waals surface area (Å²) >= 11 is 0. The van der Waals surface area contributed by atoms with Crippen LogP contribution in [0, 0.1) is 5.92 Å². The van der Waals surface area contributed by atoms with Gasteiger partial charge in [0.1, 0.15) is 0 Å². The second kappa shape index (κ2) is 5.04. The van der Waals surface area contributed by atoms with E-state index in [1.165, 1.54) is 0 Å². The summed E-state index contributed by atoms with van der Waals surface area (Å²) in [4.78, 5) is 12.4. The van der Waals surface area contributed by atoms with Gasteiger partial charge in [-0.3, -0.25) is 4.79 Å². The van der Waals surface area contributed by atoms with E-state index in [9.17, 15) is 8.68 Å². The first-order valence-electron chi connectivity index (χ1n) is 5.30. The smallest absolute Gasteiger partial charge is 0.211 e. The summed E-state index contributed by atoms with van der Waals surface area (Å²) in [7, 11) is -2.36. The first kappa shape index (κ1) is 13.3. The Balaban J connectivity index is 3.09. The molecule has 1 unspecified atom stereocenters. The molecule has 0 saturated carbocycles. The summed E-state index contributed by atoms with van der Waals surface area (Å²) in [6.07, 6.45) is 1.58. The molecule has 4 heteroatoms. The van der Waals surface area contributed by atoms with E-state index in [0.717, 1.165) is 0 Å². The van der Waals surface area contributed by atoms with Gasteiger partial charge in [-0.25, -0.2) is 0 Å². The lowest BCUT2D eigenvalue weighted by Crippen LogP contribution is -2.08. The minimum atomic E-state index is -2.36. The number of halogens is 1. The zero-order valence-electron chi connectivity index (χ0n) is 10.2. The quantitative estimate of drug-likeness (QED) is 0.575. The highest BCUT2D eigenvalue weighted by molar-refractivity contribution is 8.48. The average molecular weight is 239 g/mol. The Kier molecular flexibility index (Phi) is 4.19. The summed E-state index contributed by atoms with van der Waals surface area (Å²) in [5, 5.41) is 0. The third kappa shape index (κ3) is 2.88. The van der Waals surface area contributed by atoms with Crippen LogP contribution >= 0.6 is 10.3 Å². The highest BCUT2D eigenvalue weighted by atomic mass is 32.3. The molecule has 0 amide bonds. The van der Waals surface area contributed by atoms with E-state index in [1.54, 1.807) is 43.9 Å². The molecule has 0 spiro atoms. The summed E-state index contributed by atoms with van der Waals surface area (Å²) in [6, 6.07) is 6.92. The van der Waals surface area contributed by atoms with Gasteiger partial charge in [0.25, 0.3) is 0 Å². The lowest BCUT2D eigenvalue weighted by atomic mass is 10.0. The van der Waals surface area contributed by atoms with Gasteiger partial charge in [0.2, 0.25) is 6.56 Å². The van der Waals surface area contributed by atoms with Crippen LogP contribution < -0.4 is 0 Å². The molecule has 0 fully saturated rings. The van der Waals surface area contributed by atoms with E-state index in [-0.39, 0.29) is 11.7 Å². The molecule has 0 bridgehead atoms. The lowest BCUT2D eigenvalue weighted by molar-refractivity contribution is 0.0939. The first-order valence-corrected chi connectivity index (χ1v) is 7.30. The minimum absolute atomic E-state index is 0.0540. The average Bonchev–Trinajstić information content (AvgIpc) is 2.28. The molecule has 87 valence electrons. The van der Waals surface area contributed by atoms with Crippen molar-refractivity contribution in [2.24, 2.45) is 5.92 Å². The van der Waals surface area contributed by atoms with Gasteiger partial charge in [0.05, 0.1) is 0 Å². The number of hydrogen-bond donors (Lipinski definition) is 0. The Hall–Kier alpha value is -0.765. The normalized spacial score (nSPS) is 16.6. The van der Waals surface area contributed by atoms with E-state index in [2.05, 4.69) is 0 Å². The van der Waals surface area contributed by atoms with Crippen molar-refractivity contribution in [1.82, 2.24) is 0 Å². The Morgan fingerprint density at radius 1 is 1.44 bits per heavy atom. The van der Waals surface area contributed by atoms with Crippen molar-refractivity contribution in [1.29, 1.82) is 0 Å². The molecule has 0 aliphatic carbocycles. The van der Waals surface area contributed by atoms with Crippen LogP contribution in [0.3, 0.4) is 0 Å². The molecule has 0 aliphatic heterocycles. The van der Waals surface area contributed by atoms with Crippen LogP contribution in [0.25, 0.3) is 0 Å². The predicted octanol–water partition coefficient (Wildman–Crippen LogP) is 3.87. The summed E-state index contributed by atoms with van der Waals surface area (Å²) in [6.45, 7) is 6.99. The zero-order valence-corrected chi connectivity index (χ0v) is 11.0. The van der Waals surface area contributed by atoms with Gasteiger partial charge in [-0.2, -0.15) is 3.89 Å². The second-order valence-electron chi connectivity index (χ2n) is 4.16. The van der Waals surface area contributed by atoms with E-state index >= 15 is 0 Å². The third-order valence-electron chi connectivity index (χ3n) is 2.55. The van der Waals surface area contributed by atoms with Crippen molar-refractivity contribution in [3.63, 3.8) is 0 Å². The van der Waals surface area contributed by atoms with Crippen LogP contribution in [0.4, 0.5) is 3.89 Å². The van der Waals surface area contributed by atoms with Crippen LogP contribution in [0.1, 0.15) is 24.2 Å². The Bertz CT molecular complexity index is 390. The zero-order chi connectivity index (χ0) is 12.3. The molecule has 0 aliphatic rings. The van der Waals surface area contributed by atoms with Crippen molar-refractivity contribution in [3.05, 3.63) is 29.8 Å². The van der Waals surface area contributed by atoms with Gasteiger partial charge in [0, 0.05) is 16.4 Å². The van der Waals surface area contributed by atoms with Crippen LogP contribution in [-0.4, -0.2) is 18.6 Å². The fraction of sp³-hybridized carbons (Fsp3) is 0.417. The number of rotatable bonds is 4. The van der Waals surface area contributed by atoms with E-state index in [4.69, 9.17) is 0 Å². The Morgan fingerprint density at radius 2 is 2.06 bits per heavy atom. The predicted molar refractivity (Wildman–Crippen MR) is 70.1 cm³/mol. The Labute approximate surface area is 99.2 Å². The van der Waals surface area contributed by atoms with Crippen molar-refractivity contribution in [2.75, 3.05) is 6.26 Å². The number of Topliss-reactive ketones (excluding diaryl/α,β-unsaturated/α-hetero) is 1. The Morgan fingerprint density at radius 3 is 2.56 bits per heavy atom. The van der Waals surface area contributed by atoms with Crippen LogP contribution in [0.15, 0.2) is 29.2 Å². The molecule has 0 heterocycles. The topological polar surface area (TPSA) is 17.1 Å². The van der Waals surface area contributed by atoms with E-state index in [1.807, 2.05) is 13.8 Å². The van der Waals surface area contributed by atoms with Crippen LogP contribution in [0.5, 0.6) is 0 Å². The molecule has 1 aromatic carbocycles. The largest absolute Gasteiger partial charge is 0.294 e. The van der Waals surface area contributed by atoms with Crippen molar-refractivity contribution in [3.8, 4) is 0 Å². The number of carbonyl (C=O) groups excluding carboxylic acids is 1. The summed E-state index contributed by atoms with van der Waals surface area (Å²) in [5.74, 6) is 0.00914. The van der Waals surface area contributed by atoms with Crippen LogP contribution in [0.2, 0.25) is 6.82 Å². The second-order valence-corrected chi connectivity index (χ2v) is 6.86. The molecule has 1 radical (unpaired) electrons. The molecular formula is C12H17BFOS. The molecule has 1 aromatic rings. The molecule has 0 saturated heterocycles. The number of benzene rings is 1. The van der Waals surface area contributed by atoms with Gasteiger partial charge >= 0.3 is 0 Å². The van der Waals surface area contributed by atoms with Gasteiger partial charge < -0.3 is 0 Å². The highest BCUT2D eigenvalue weighted by Crippen LogP contribution is 2.52. The molecule has 0 aromatic heterocycles. The monoisotopic (exact) mass is 239 g/mol. The molecule has 0 N–H and O–H groups in total. The fourth-order valence-electron chi connectivity index (χ4n) is 1.37. The molecule has 1 rings (SSSR count). The minimum Gasteiger partial charge on any atom is -0.294 e. The van der Waals surface area contributed by atoms with Gasteiger partial charge in [-0.05, 0) is 18.4 Å². The number of carbonyl (C=O) groups is 1. The standard InChI is InChI=1S/C12H17BFOS/c1-9(2)12(15)10-6-5-7-11(8-10)16(4,14)13-3/h5-9H,1-4H3. The fourth-order valence-corrected chi connectivity index (χ4v) is 2.34. The number of ketones is 1. The molecular weight excluding hydrogens is 222 g/mol. The first-order chi connectivity index (χ1) is 7.38. The van der Waals surface area contributed by atoms with Gasteiger partial charge in [0.15, 0.2) is 5.78 Å². The molecule has 1 nitrogen and oxygen atoms in total. The van der Waals surface area contributed by atoms with E-state index in [0.29, 0.717) is 10.5 Å². The van der Waals surface area contributed by atoms with Crippen molar-refractivity contribution >= 4 is 22.6 Å². The SMILES string of the molecule is C[B]S(C)(F)c1cccc(C(=O)C(C)C)c1. The maximum atomic E-state index is 14.1. The van der Waals surface area contributed by atoms with Gasteiger partial charge in [-0.1, -0.05) is 32.8 Å². The summed E-state index contributed by atoms with van der Waals surface area (Å²) in [5.41, 5.74) is 0.603. The van der Waals surface area contributed by atoms with Crippen molar-refractivity contribution in [2.45, 2.75) is 25.6 Å².